The molecule has 5 nitrogen and oxygen atoms in total. The third-order valence-corrected chi connectivity index (χ3v) is 2.25. The minimum Gasteiger partial charge on any atom is -0.376 e. The highest BCUT2D eigenvalue weighted by Gasteiger charge is 2.15. The van der Waals surface area contributed by atoms with Gasteiger partial charge in [0.1, 0.15) is 0 Å². The molecule has 0 atom stereocenters. The van der Waals surface area contributed by atoms with Gasteiger partial charge in [0.15, 0.2) is 0 Å². The van der Waals surface area contributed by atoms with E-state index in [1.54, 1.807) is 24.3 Å². The van der Waals surface area contributed by atoms with Crippen molar-refractivity contribution in [2.24, 2.45) is 0 Å². The van der Waals surface area contributed by atoms with Crippen LogP contribution in [0.1, 0.15) is 20.8 Å². The van der Waals surface area contributed by atoms with Gasteiger partial charge in [0.05, 0.1) is 6.54 Å². The summed E-state index contributed by atoms with van der Waals surface area (Å²) in [6, 6.07) is 6.49. The lowest BCUT2D eigenvalue weighted by Crippen LogP contribution is -2.49. The molecular formula is C13H18ClN3O2. The van der Waals surface area contributed by atoms with Crippen molar-refractivity contribution in [3.8, 4) is 0 Å². The van der Waals surface area contributed by atoms with E-state index < -0.39 is 11.9 Å². The normalized spacial score (nSPS) is 10.7. The van der Waals surface area contributed by atoms with Crippen molar-refractivity contribution < 1.29 is 9.59 Å². The second-order valence-corrected chi connectivity index (χ2v) is 5.55. The van der Waals surface area contributed by atoms with Crippen molar-refractivity contribution >= 4 is 29.2 Å². The van der Waals surface area contributed by atoms with E-state index in [-0.39, 0.29) is 12.1 Å². The number of imide groups is 1. The summed E-state index contributed by atoms with van der Waals surface area (Å²) in [5.41, 5.74) is 0.337. The summed E-state index contributed by atoms with van der Waals surface area (Å²) in [6.45, 7) is 5.50. The topological polar surface area (TPSA) is 70.2 Å². The zero-order valence-electron chi connectivity index (χ0n) is 11.2. The number of nitrogens with one attached hydrogen (secondary N) is 3. The van der Waals surface area contributed by atoms with Crippen LogP contribution in [0, 0.1) is 0 Å². The largest absolute Gasteiger partial charge is 0.376 e. The van der Waals surface area contributed by atoms with E-state index in [2.05, 4.69) is 16.0 Å². The smallest absolute Gasteiger partial charge is 0.321 e. The molecule has 19 heavy (non-hydrogen) atoms. The molecule has 6 heteroatoms. The Morgan fingerprint density at radius 2 is 1.95 bits per heavy atom. The number of carbonyl (C=O) groups is 2. The van der Waals surface area contributed by atoms with Crippen LogP contribution in [0.5, 0.6) is 0 Å². The first-order valence-electron chi connectivity index (χ1n) is 5.88. The molecule has 0 radical (unpaired) electrons. The number of rotatable bonds is 3. The molecule has 0 aliphatic carbocycles. The fourth-order valence-corrected chi connectivity index (χ4v) is 1.51. The first kappa shape index (κ1) is 15.3. The van der Waals surface area contributed by atoms with Crippen molar-refractivity contribution in [3.63, 3.8) is 0 Å². The average molecular weight is 284 g/mol. The number of benzene rings is 1. The first-order chi connectivity index (χ1) is 8.76. The summed E-state index contributed by atoms with van der Waals surface area (Å²) >= 11 is 5.81. The lowest BCUT2D eigenvalue weighted by Gasteiger charge is -2.20. The second kappa shape index (κ2) is 6.43. The quantitative estimate of drug-likeness (QED) is 0.798. The predicted molar refractivity (Wildman–Crippen MR) is 76.4 cm³/mol. The van der Waals surface area contributed by atoms with Crippen LogP contribution in [0.3, 0.4) is 0 Å². The number of anilines is 1. The fraction of sp³-hybridized carbons (Fsp3) is 0.385. The summed E-state index contributed by atoms with van der Waals surface area (Å²) < 4.78 is 0. The number of urea groups is 1. The Labute approximate surface area is 117 Å². The van der Waals surface area contributed by atoms with Gasteiger partial charge >= 0.3 is 6.03 Å². The van der Waals surface area contributed by atoms with Crippen LogP contribution in [0.25, 0.3) is 0 Å². The summed E-state index contributed by atoms with van der Waals surface area (Å²) in [7, 11) is 0. The van der Waals surface area contributed by atoms with Crippen LogP contribution in [0.2, 0.25) is 5.02 Å². The van der Waals surface area contributed by atoms with E-state index in [0.29, 0.717) is 5.02 Å². The fourth-order valence-electron chi connectivity index (χ4n) is 1.32. The van der Waals surface area contributed by atoms with Crippen molar-refractivity contribution in [1.29, 1.82) is 0 Å². The molecule has 3 N–H and O–H groups in total. The summed E-state index contributed by atoms with van der Waals surface area (Å²) in [4.78, 5) is 23.0. The molecular weight excluding hydrogens is 266 g/mol. The van der Waals surface area contributed by atoms with Gasteiger partial charge in [0.25, 0.3) is 0 Å². The molecule has 0 unspecified atom stereocenters. The molecule has 1 aromatic rings. The Kier molecular flexibility index (Phi) is 5.18. The van der Waals surface area contributed by atoms with Gasteiger partial charge < -0.3 is 10.6 Å². The van der Waals surface area contributed by atoms with Crippen LogP contribution in [-0.4, -0.2) is 24.0 Å². The molecule has 0 saturated heterocycles. The van der Waals surface area contributed by atoms with E-state index >= 15 is 0 Å². The molecule has 0 aromatic heterocycles. The molecule has 0 aliphatic rings. The van der Waals surface area contributed by atoms with Crippen molar-refractivity contribution in [2.45, 2.75) is 26.3 Å². The molecule has 104 valence electrons. The average Bonchev–Trinajstić information content (AvgIpc) is 2.23. The van der Waals surface area contributed by atoms with Crippen molar-refractivity contribution in [3.05, 3.63) is 29.3 Å². The van der Waals surface area contributed by atoms with Crippen LogP contribution < -0.4 is 16.0 Å². The highest BCUT2D eigenvalue weighted by Crippen LogP contribution is 2.14. The summed E-state index contributed by atoms with van der Waals surface area (Å²) in [6.07, 6.45) is 0. The zero-order chi connectivity index (χ0) is 14.5. The number of hydrogen-bond acceptors (Lipinski definition) is 3. The van der Waals surface area contributed by atoms with Gasteiger partial charge in [-0.25, -0.2) is 4.79 Å². The van der Waals surface area contributed by atoms with Gasteiger partial charge in [0.2, 0.25) is 5.91 Å². The SMILES string of the molecule is CC(C)(C)NC(=O)NC(=O)CNc1cccc(Cl)c1. The van der Waals surface area contributed by atoms with Gasteiger partial charge in [-0.1, -0.05) is 17.7 Å². The van der Waals surface area contributed by atoms with Crippen LogP contribution in [0.4, 0.5) is 10.5 Å². The van der Waals surface area contributed by atoms with E-state index in [4.69, 9.17) is 11.6 Å². The molecule has 0 spiro atoms. The highest BCUT2D eigenvalue weighted by molar-refractivity contribution is 6.30. The minimum absolute atomic E-state index is 0.00208. The van der Waals surface area contributed by atoms with Crippen molar-refractivity contribution in [1.82, 2.24) is 10.6 Å². The zero-order valence-corrected chi connectivity index (χ0v) is 12.0. The Morgan fingerprint density at radius 3 is 2.53 bits per heavy atom. The molecule has 1 aromatic carbocycles. The number of carbonyl (C=O) groups excluding carboxylic acids is 2. The Morgan fingerprint density at radius 1 is 1.26 bits per heavy atom. The Balaban J connectivity index is 2.38. The number of amides is 3. The van der Waals surface area contributed by atoms with E-state index in [0.717, 1.165) is 5.69 Å². The van der Waals surface area contributed by atoms with E-state index in [1.165, 1.54) is 0 Å². The number of halogens is 1. The maximum atomic E-state index is 11.5. The molecule has 1 rings (SSSR count). The van der Waals surface area contributed by atoms with Gasteiger partial charge in [-0.15, -0.1) is 0 Å². The van der Waals surface area contributed by atoms with Gasteiger partial charge in [-0.3, -0.25) is 10.1 Å². The standard InChI is InChI=1S/C13H18ClN3O2/c1-13(2,3)17-12(19)16-11(18)8-15-10-6-4-5-9(14)7-10/h4-7,15H,8H2,1-3H3,(H2,16,17,18,19). The molecule has 0 fully saturated rings. The Hall–Kier alpha value is -1.75. The third kappa shape index (κ3) is 6.67. The monoisotopic (exact) mass is 283 g/mol. The second-order valence-electron chi connectivity index (χ2n) is 5.12. The lowest BCUT2D eigenvalue weighted by molar-refractivity contribution is -0.118. The lowest BCUT2D eigenvalue weighted by atomic mass is 10.1. The van der Waals surface area contributed by atoms with Crippen LogP contribution in [-0.2, 0) is 4.79 Å². The van der Waals surface area contributed by atoms with Crippen molar-refractivity contribution in [2.75, 3.05) is 11.9 Å². The molecule has 0 saturated carbocycles. The van der Waals surface area contributed by atoms with Crippen LogP contribution >= 0.6 is 11.6 Å². The van der Waals surface area contributed by atoms with E-state index in [1.807, 2.05) is 20.8 Å². The van der Waals surface area contributed by atoms with Gasteiger partial charge in [-0.05, 0) is 39.0 Å². The molecule has 3 amide bonds. The molecule has 0 bridgehead atoms. The summed E-state index contributed by atoms with van der Waals surface area (Å²) in [5, 5.41) is 8.33. The van der Waals surface area contributed by atoms with Gasteiger partial charge in [0, 0.05) is 16.2 Å². The van der Waals surface area contributed by atoms with E-state index in [9.17, 15) is 9.59 Å². The Bertz CT molecular complexity index is 469. The van der Waals surface area contributed by atoms with Crippen LogP contribution in [0.15, 0.2) is 24.3 Å². The maximum Gasteiger partial charge on any atom is 0.321 e. The van der Waals surface area contributed by atoms with Gasteiger partial charge in [-0.2, -0.15) is 0 Å². The molecule has 0 aliphatic heterocycles. The first-order valence-corrected chi connectivity index (χ1v) is 6.25. The minimum atomic E-state index is -0.509. The predicted octanol–water partition coefficient (Wildman–Crippen LogP) is 2.38. The number of hydrogen-bond donors (Lipinski definition) is 3. The summed E-state index contributed by atoms with van der Waals surface area (Å²) in [5.74, 6) is -0.415. The highest BCUT2D eigenvalue weighted by atomic mass is 35.5. The molecule has 0 heterocycles. The third-order valence-electron chi connectivity index (χ3n) is 2.02. The maximum absolute atomic E-state index is 11.5.